The van der Waals surface area contributed by atoms with Crippen molar-refractivity contribution in [3.05, 3.63) is 28.7 Å². The minimum Gasteiger partial charge on any atom is -0.318 e. The summed E-state index contributed by atoms with van der Waals surface area (Å²) in [4.78, 5) is 21.8. The number of rotatable bonds is 1. The highest BCUT2D eigenvalue weighted by molar-refractivity contribution is 9.10. The lowest BCUT2D eigenvalue weighted by Gasteiger charge is -2.03. The zero-order valence-electron chi connectivity index (χ0n) is 7.08. The predicted octanol–water partition coefficient (Wildman–Crippen LogP) is 0.378. The number of hydrogen-bond donors (Lipinski definition) is 3. The van der Waals surface area contributed by atoms with Crippen molar-refractivity contribution < 1.29 is 9.59 Å². The third-order valence-corrected chi connectivity index (χ3v) is 1.91. The second-order valence-corrected chi connectivity index (χ2v) is 3.35. The van der Waals surface area contributed by atoms with Crippen molar-refractivity contribution in [2.24, 2.45) is 5.84 Å². The van der Waals surface area contributed by atoms with E-state index in [1.165, 1.54) is 0 Å². The summed E-state index contributed by atoms with van der Waals surface area (Å²) in [6, 6.07) is 6.87. The minimum absolute atomic E-state index is 0.521. The van der Waals surface area contributed by atoms with Gasteiger partial charge in [0.1, 0.15) is 0 Å². The highest BCUT2D eigenvalue weighted by atomic mass is 79.9. The standard InChI is InChI=1S/C8H8BrN3O2/c9-5-2-1-3-6(4-5)11-7(13)8(14)12-10/h1-4H,10H2,(H,11,13)(H,12,14). The van der Waals surface area contributed by atoms with E-state index < -0.39 is 11.8 Å². The summed E-state index contributed by atoms with van der Waals surface area (Å²) in [5.74, 6) is 3.10. The maximum absolute atomic E-state index is 11.0. The van der Waals surface area contributed by atoms with Gasteiger partial charge in [0, 0.05) is 10.2 Å². The highest BCUT2D eigenvalue weighted by Crippen LogP contribution is 2.15. The van der Waals surface area contributed by atoms with Crippen molar-refractivity contribution in [3.8, 4) is 0 Å². The van der Waals surface area contributed by atoms with Crippen LogP contribution < -0.4 is 16.6 Å². The van der Waals surface area contributed by atoms with Gasteiger partial charge in [-0.15, -0.1) is 0 Å². The van der Waals surface area contributed by atoms with Gasteiger partial charge in [0.25, 0.3) is 0 Å². The van der Waals surface area contributed by atoms with E-state index in [1.807, 2.05) is 0 Å². The summed E-state index contributed by atoms with van der Waals surface area (Å²) < 4.78 is 0.809. The molecule has 1 aromatic carbocycles. The predicted molar refractivity (Wildman–Crippen MR) is 55.1 cm³/mol. The Morgan fingerprint density at radius 2 is 2.00 bits per heavy atom. The second-order valence-electron chi connectivity index (χ2n) is 2.44. The van der Waals surface area contributed by atoms with Gasteiger partial charge < -0.3 is 5.32 Å². The van der Waals surface area contributed by atoms with Gasteiger partial charge in [-0.25, -0.2) is 5.84 Å². The van der Waals surface area contributed by atoms with Crippen molar-refractivity contribution >= 4 is 33.4 Å². The summed E-state index contributed by atoms with van der Waals surface area (Å²) in [7, 11) is 0. The molecule has 0 atom stereocenters. The van der Waals surface area contributed by atoms with E-state index in [0.717, 1.165) is 4.47 Å². The molecule has 1 aromatic rings. The zero-order chi connectivity index (χ0) is 10.6. The van der Waals surface area contributed by atoms with Gasteiger partial charge >= 0.3 is 11.8 Å². The normalized spacial score (nSPS) is 9.29. The number of carbonyl (C=O) groups is 2. The summed E-state index contributed by atoms with van der Waals surface area (Å²) in [6.07, 6.45) is 0. The number of hydrazine groups is 1. The molecule has 0 saturated carbocycles. The van der Waals surface area contributed by atoms with E-state index in [2.05, 4.69) is 21.2 Å². The lowest BCUT2D eigenvalue weighted by molar-refractivity contribution is -0.136. The molecule has 0 fully saturated rings. The lowest BCUT2D eigenvalue weighted by atomic mass is 10.3. The Morgan fingerprint density at radius 1 is 1.29 bits per heavy atom. The maximum Gasteiger partial charge on any atom is 0.323 e. The number of halogens is 1. The van der Waals surface area contributed by atoms with Gasteiger partial charge in [0.2, 0.25) is 0 Å². The smallest absolute Gasteiger partial charge is 0.318 e. The van der Waals surface area contributed by atoms with Crippen LogP contribution in [0, 0.1) is 0 Å². The molecule has 5 nitrogen and oxygen atoms in total. The van der Waals surface area contributed by atoms with E-state index in [1.54, 1.807) is 29.7 Å². The lowest BCUT2D eigenvalue weighted by Crippen LogP contribution is -2.39. The van der Waals surface area contributed by atoms with Gasteiger partial charge in [-0.3, -0.25) is 15.0 Å². The van der Waals surface area contributed by atoms with Gasteiger partial charge in [-0.05, 0) is 18.2 Å². The van der Waals surface area contributed by atoms with Crippen LogP contribution in [0.15, 0.2) is 28.7 Å². The summed E-state index contributed by atoms with van der Waals surface area (Å²) in [6.45, 7) is 0. The fourth-order valence-corrected chi connectivity index (χ4v) is 1.22. The highest BCUT2D eigenvalue weighted by Gasteiger charge is 2.11. The van der Waals surface area contributed by atoms with E-state index in [-0.39, 0.29) is 0 Å². The largest absolute Gasteiger partial charge is 0.323 e. The Labute approximate surface area is 88.8 Å². The number of anilines is 1. The first-order valence-electron chi connectivity index (χ1n) is 3.71. The quantitative estimate of drug-likeness (QED) is 0.294. The van der Waals surface area contributed by atoms with Gasteiger partial charge in [-0.2, -0.15) is 0 Å². The number of nitrogens with one attached hydrogen (secondary N) is 2. The Bertz CT molecular complexity index is 367. The molecule has 1 rings (SSSR count). The Kier molecular flexibility index (Phi) is 3.61. The van der Waals surface area contributed by atoms with Crippen molar-refractivity contribution in [2.45, 2.75) is 0 Å². The summed E-state index contributed by atoms with van der Waals surface area (Å²) in [5.41, 5.74) is 2.26. The topological polar surface area (TPSA) is 84.2 Å². The van der Waals surface area contributed by atoms with Crippen LogP contribution in [0.4, 0.5) is 5.69 Å². The van der Waals surface area contributed by atoms with Crippen LogP contribution in [0.1, 0.15) is 0 Å². The Hall–Kier alpha value is -1.40. The van der Waals surface area contributed by atoms with Crippen molar-refractivity contribution in [3.63, 3.8) is 0 Å². The van der Waals surface area contributed by atoms with Crippen LogP contribution in [0.25, 0.3) is 0 Å². The fraction of sp³-hybridized carbons (Fsp3) is 0. The van der Waals surface area contributed by atoms with Gasteiger partial charge in [0.15, 0.2) is 0 Å². The molecule has 0 saturated heterocycles. The minimum atomic E-state index is -0.884. The fourth-order valence-electron chi connectivity index (χ4n) is 0.820. The summed E-state index contributed by atoms with van der Waals surface area (Å²) >= 11 is 3.23. The van der Waals surface area contributed by atoms with E-state index in [0.29, 0.717) is 5.69 Å². The number of hydrogen-bond acceptors (Lipinski definition) is 3. The molecule has 0 spiro atoms. The average molecular weight is 258 g/mol. The number of carbonyl (C=O) groups excluding carboxylic acids is 2. The van der Waals surface area contributed by atoms with Crippen LogP contribution in [0.3, 0.4) is 0 Å². The van der Waals surface area contributed by atoms with Crippen molar-refractivity contribution in [2.75, 3.05) is 5.32 Å². The van der Waals surface area contributed by atoms with E-state index in [4.69, 9.17) is 5.84 Å². The second kappa shape index (κ2) is 4.73. The molecule has 2 amide bonds. The van der Waals surface area contributed by atoms with E-state index in [9.17, 15) is 9.59 Å². The number of nitrogens with two attached hydrogens (primary N) is 1. The molecule has 0 aliphatic carbocycles. The molecule has 0 aliphatic heterocycles. The number of benzene rings is 1. The van der Waals surface area contributed by atoms with Crippen molar-refractivity contribution in [1.82, 2.24) is 5.43 Å². The van der Waals surface area contributed by atoms with Crippen molar-refractivity contribution in [1.29, 1.82) is 0 Å². The Balaban J connectivity index is 2.70. The third kappa shape index (κ3) is 2.82. The van der Waals surface area contributed by atoms with Crippen LogP contribution >= 0.6 is 15.9 Å². The third-order valence-electron chi connectivity index (χ3n) is 1.42. The van der Waals surface area contributed by atoms with Crippen LogP contribution in [0.2, 0.25) is 0 Å². The molecule has 74 valence electrons. The van der Waals surface area contributed by atoms with Crippen LogP contribution in [-0.4, -0.2) is 11.8 Å². The van der Waals surface area contributed by atoms with Gasteiger partial charge in [0.05, 0.1) is 0 Å². The van der Waals surface area contributed by atoms with Gasteiger partial charge in [-0.1, -0.05) is 22.0 Å². The first-order chi connectivity index (χ1) is 6.63. The molecule has 0 radical (unpaired) electrons. The maximum atomic E-state index is 11.0. The molecule has 4 N–H and O–H groups in total. The number of amides is 2. The average Bonchev–Trinajstić information content (AvgIpc) is 2.16. The molecule has 0 aliphatic rings. The molecule has 0 unspecified atom stereocenters. The first kappa shape index (κ1) is 10.7. The molecule has 0 aromatic heterocycles. The molecule has 14 heavy (non-hydrogen) atoms. The SMILES string of the molecule is NNC(=O)C(=O)Nc1cccc(Br)c1. The Morgan fingerprint density at radius 3 is 2.57 bits per heavy atom. The molecular weight excluding hydrogens is 250 g/mol. The molecule has 0 heterocycles. The first-order valence-corrected chi connectivity index (χ1v) is 4.50. The molecule has 0 bridgehead atoms. The molecular formula is C8H8BrN3O2. The molecule has 6 heteroatoms. The van der Waals surface area contributed by atoms with Crippen LogP contribution in [0.5, 0.6) is 0 Å². The monoisotopic (exact) mass is 257 g/mol. The van der Waals surface area contributed by atoms with Crippen LogP contribution in [-0.2, 0) is 9.59 Å². The summed E-state index contributed by atoms with van der Waals surface area (Å²) in [5, 5.41) is 2.37. The van der Waals surface area contributed by atoms with E-state index >= 15 is 0 Å². The zero-order valence-corrected chi connectivity index (χ0v) is 8.67.